The van der Waals surface area contributed by atoms with E-state index >= 15 is 0 Å². The Bertz CT molecular complexity index is 841. The van der Waals surface area contributed by atoms with Gasteiger partial charge in [0.2, 0.25) is 0 Å². The Kier molecular flexibility index (Phi) is 6.44. The molecule has 2 aromatic rings. The zero-order valence-corrected chi connectivity index (χ0v) is 16.3. The van der Waals surface area contributed by atoms with E-state index in [0.717, 1.165) is 12.1 Å². The van der Waals surface area contributed by atoms with Gasteiger partial charge in [0.15, 0.2) is 5.78 Å². The maximum atomic E-state index is 13.5. The molecule has 5 nitrogen and oxygen atoms in total. The number of anilines is 1. The van der Waals surface area contributed by atoms with Crippen LogP contribution in [0.15, 0.2) is 36.4 Å². The van der Waals surface area contributed by atoms with Gasteiger partial charge in [0.25, 0.3) is 0 Å². The normalized spacial score (nSPS) is 11.0. The zero-order valence-electron chi connectivity index (χ0n) is 15.6. The van der Waals surface area contributed by atoms with Crippen LogP contribution >= 0.6 is 11.6 Å². The average molecular weight is 394 g/mol. The highest BCUT2D eigenvalue weighted by Crippen LogP contribution is 2.25. The molecule has 0 saturated heterocycles. The number of hydrogen-bond donors (Lipinski definition) is 1. The molecule has 0 aromatic heterocycles. The number of nitrogens with one attached hydrogen (secondary N) is 1. The first-order valence-corrected chi connectivity index (χ1v) is 8.61. The van der Waals surface area contributed by atoms with E-state index in [1.54, 1.807) is 39.0 Å². The fraction of sp³-hybridized carbons (Fsp3) is 0.300. The number of Topliss-reactive ketones (excluding diaryl/α,β-unsaturated/α-hetero) is 1. The second-order valence-corrected chi connectivity index (χ2v) is 7.34. The lowest BCUT2D eigenvalue weighted by Gasteiger charge is -2.20. The fourth-order valence-electron chi connectivity index (χ4n) is 2.36. The van der Waals surface area contributed by atoms with Gasteiger partial charge in [-0.2, -0.15) is 0 Å². The Balaban J connectivity index is 2.27. The Morgan fingerprint density at radius 1 is 1.15 bits per heavy atom. The second-order valence-electron chi connectivity index (χ2n) is 6.91. The molecule has 0 aliphatic carbocycles. The molecule has 1 amide bonds. The summed E-state index contributed by atoms with van der Waals surface area (Å²) >= 11 is 5.82. The Morgan fingerprint density at radius 3 is 2.44 bits per heavy atom. The molecule has 27 heavy (non-hydrogen) atoms. The maximum absolute atomic E-state index is 13.5. The lowest BCUT2D eigenvalue weighted by atomic mass is 10.0. The van der Waals surface area contributed by atoms with Crippen LogP contribution in [-0.2, 0) is 11.2 Å². The summed E-state index contributed by atoms with van der Waals surface area (Å²) in [4.78, 5) is 24.6. The fourth-order valence-corrected chi connectivity index (χ4v) is 2.58. The minimum Gasteiger partial charge on any atom is -0.497 e. The summed E-state index contributed by atoms with van der Waals surface area (Å²) in [7, 11) is 1.49. The molecule has 2 rings (SSSR count). The number of ether oxygens (including phenoxy) is 2. The van der Waals surface area contributed by atoms with Crippen molar-refractivity contribution in [1.29, 1.82) is 0 Å². The minimum atomic E-state index is -0.669. The van der Waals surface area contributed by atoms with Crippen molar-refractivity contribution in [3.63, 3.8) is 0 Å². The predicted octanol–water partition coefficient (Wildman–Crippen LogP) is 5.26. The number of carbonyl (C=O) groups is 2. The van der Waals surface area contributed by atoms with Gasteiger partial charge in [-0.15, -0.1) is 0 Å². The zero-order chi connectivity index (χ0) is 20.2. The molecule has 1 N–H and O–H groups in total. The summed E-state index contributed by atoms with van der Waals surface area (Å²) in [6.07, 6.45) is -0.715. The van der Waals surface area contributed by atoms with Gasteiger partial charge in [-0.3, -0.25) is 10.1 Å². The summed E-state index contributed by atoms with van der Waals surface area (Å²) in [6, 6.07) is 8.56. The molecule has 0 spiro atoms. The lowest BCUT2D eigenvalue weighted by molar-refractivity contribution is 0.0635. The Labute approximate surface area is 162 Å². The van der Waals surface area contributed by atoms with E-state index in [0.29, 0.717) is 17.0 Å². The highest BCUT2D eigenvalue weighted by atomic mass is 35.5. The largest absolute Gasteiger partial charge is 0.497 e. The molecular weight excluding hydrogens is 373 g/mol. The van der Waals surface area contributed by atoms with Crippen LogP contribution in [-0.4, -0.2) is 24.6 Å². The van der Waals surface area contributed by atoms with Crippen LogP contribution in [0.4, 0.5) is 14.9 Å². The van der Waals surface area contributed by atoms with Crippen LogP contribution in [0.5, 0.6) is 5.75 Å². The molecule has 0 heterocycles. The van der Waals surface area contributed by atoms with Crippen molar-refractivity contribution in [1.82, 2.24) is 0 Å². The number of amides is 1. The van der Waals surface area contributed by atoms with Crippen molar-refractivity contribution < 1.29 is 23.5 Å². The van der Waals surface area contributed by atoms with Gasteiger partial charge < -0.3 is 9.47 Å². The highest BCUT2D eigenvalue weighted by molar-refractivity contribution is 6.31. The van der Waals surface area contributed by atoms with Crippen LogP contribution in [0.3, 0.4) is 0 Å². The van der Waals surface area contributed by atoms with Crippen molar-refractivity contribution in [2.24, 2.45) is 0 Å². The molecule has 7 heteroatoms. The number of hydrogen-bond acceptors (Lipinski definition) is 4. The Hall–Kier alpha value is -2.60. The van der Waals surface area contributed by atoms with E-state index in [1.807, 2.05) is 0 Å². The van der Waals surface area contributed by atoms with Gasteiger partial charge in [0.05, 0.1) is 12.8 Å². The topological polar surface area (TPSA) is 64.6 Å². The van der Waals surface area contributed by atoms with Gasteiger partial charge in [0.1, 0.15) is 17.2 Å². The molecule has 144 valence electrons. The third kappa shape index (κ3) is 6.25. The molecule has 0 bridgehead atoms. The molecular formula is C20H21ClFNO4. The van der Waals surface area contributed by atoms with Crippen LogP contribution in [0, 0.1) is 5.82 Å². The lowest BCUT2D eigenvalue weighted by Crippen LogP contribution is -2.27. The summed E-state index contributed by atoms with van der Waals surface area (Å²) in [6.45, 7) is 5.24. The van der Waals surface area contributed by atoms with E-state index in [1.165, 1.54) is 13.2 Å². The summed E-state index contributed by atoms with van der Waals surface area (Å²) in [5.74, 6) is -0.424. The quantitative estimate of drug-likeness (QED) is 0.703. The number of benzene rings is 2. The third-order valence-corrected chi connectivity index (χ3v) is 3.71. The SMILES string of the molecule is COc1ccc(CC(=O)c2cc(F)cc(Cl)c2)c(NC(=O)OC(C)(C)C)c1. The number of methoxy groups -OCH3 is 1. The molecule has 0 radical (unpaired) electrons. The minimum absolute atomic E-state index is 0.0606. The first-order valence-electron chi connectivity index (χ1n) is 8.23. The first kappa shape index (κ1) is 20.7. The standard InChI is InChI=1S/C20H21ClFNO4/c1-20(2,3)27-19(25)23-17-11-16(26-4)6-5-12(17)9-18(24)13-7-14(21)10-15(22)8-13/h5-8,10-11H,9H2,1-4H3,(H,23,25). The molecule has 0 unspecified atom stereocenters. The highest BCUT2D eigenvalue weighted by Gasteiger charge is 2.19. The van der Waals surface area contributed by atoms with Crippen molar-refractivity contribution >= 4 is 29.2 Å². The number of ketones is 1. The van der Waals surface area contributed by atoms with Crippen LogP contribution in [0.2, 0.25) is 5.02 Å². The first-order chi connectivity index (χ1) is 12.6. The van der Waals surface area contributed by atoms with Crippen LogP contribution < -0.4 is 10.1 Å². The maximum Gasteiger partial charge on any atom is 0.412 e. The monoisotopic (exact) mass is 393 g/mol. The van der Waals surface area contributed by atoms with E-state index in [9.17, 15) is 14.0 Å². The predicted molar refractivity (Wildman–Crippen MR) is 102 cm³/mol. The number of rotatable bonds is 5. The van der Waals surface area contributed by atoms with Gasteiger partial charge in [-0.05, 0) is 50.6 Å². The average Bonchev–Trinajstić information content (AvgIpc) is 2.53. The van der Waals surface area contributed by atoms with E-state index in [-0.39, 0.29) is 22.8 Å². The van der Waals surface area contributed by atoms with Gasteiger partial charge in [-0.1, -0.05) is 17.7 Å². The van der Waals surface area contributed by atoms with Gasteiger partial charge in [-0.25, -0.2) is 9.18 Å². The molecule has 0 aliphatic rings. The third-order valence-electron chi connectivity index (χ3n) is 3.49. The molecule has 0 fully saturated rings. The number of halogens is 2. The van der Waals surface area contributed by atoms with Crippen molar-refractivity contribution in [2.45, 2.75) is 32.8 Å². The second kappa shape index (κ2) is 8.39. The summed E-state index contributed by atoms with van der Waals surface area (Å²) in [5, 5.41) is 2.77. The van der Waals surface area contributed by atoms with E-state index in [4.69, 9.17) is 21.1 Å². The molecule has 0 atom stereocenters. The smallest absolute Gasteiger partial charge is 0.412 e. The summed E-state index contributed by atoms with van der Waals surface area (Å²) in [5.41, 5.74) is 0.391. The molecule has 0 saturated carbocycles. The number of carbonyl (C=O) groups excluding carboxylic acids is 2. The summed E-state index contributed by atoms with van der Waals surface area (Å²) < 4.78 is 23.9. The van der Waals surface area contributed by atoms with E-state index < -0.39 is 17.5 Å². The van der Waals surface area contributed by atoms with Crippen molar-refractivity contribution in [3.8, 4) is 5.75 Å². The van der Waals surface area contributed by atoms with Gasteiger partial charge in [0, 0.05) is 23.1 Å². The molecule has 2 aromatic carbocycles. The van der Waals surface area contributed by atoms with E-state index in [2.05, 4.69) is 5.32 Å². The van der Waals surface area contributed by atoms with Crippen molar-refractivity contribution in [3.05, 3.63) is 58.4 Å². The van der Waals surface area contributed by atoms with Crippen molar-refractivity contribution in [2.75, 3.05) is 12.4 Å². The molecule has 0 aliphatic heterocycles. The Morgan fingerprint density at radius 2 is 1.85 bits per heavy atom. The van der Waals surface area contributed by atoms with Gasteiger partial charge >= 0.3 is 6.09 Å². The van der Waals surface area contributed by atoms with Crippen LogP contribution in [0.25, 0.3) is 0 Å². The van der Waals surface area contributed by atoms with Crippen LogP contribution in [0.1, 0.15) is 36.7 Å².